The van der Waals surface area contributed by atoms with Crippen molar-refractivity contribution in [2.75, 3.05) is 13.1 Å². The Hall–Kier alpha value is -1.91. The van der Waals surface area contributed by atoms with Crippen LogP contribution in [0.15, 0.2) is 18.2 Å². The molecule has 2 atom stereocenters. The molecule has 1 aliphatic heterocycles. The number of aromatic amines is 1. The van der Waals surface area contributed by atoms with Crippen molar-refractivity contribution in [3.63, 3.8) is 0 Å². The maximum absolute atomic E-state index is 13.8. The molecule has 132 valence electrons. The van der Waals surface area contributed by atoms with Crippen LogP contribution in [0, 0.1) is 23.6 Å². The van der Waals surface area contributed by atoms with Crippen molar-refractivity contribution in [2.24, 2.45) is 17.8 Å². The van der Waals surface area contributed by atoms with Crippen LogP contribution in [0.3, 0.4) is 0 Å². The fourth-order valence-electron chi connectivity index (χ4n) is 5.15. The van der Waals surface area contributed by atoms with Crippen molar-refractivity contribution in [3.8, 4) is 0 Å². The number of carbonyl (C=O) groups excluding carboxylic acids is 1. The molecule has 2 unspecified atom stereocenters. The lowest BCUT2D eigenvalue weighted by atomic mass is 9.95. The lowest BCUT2D eigenvalue weighted by molar-refractivity contribution is -0.134. The van der Waals surface area contributed by atoms with Gasteiger partial charge in [0, 0.05) is 24.9 Å². The van der Waals surface area contributed by atoms with Gasteiger partial charge in [-0.25, -0.2) is 9.37 Å². The van der Waals surface area contributed by atoms with Gasteiger partial charge < -0.3 is 9.88 Å². The standard InChI is InChI=1S/C20H24FN3O/c21-15-6-3-7-16-18(15)23-19(22-16)12-8-10-24(11-9-12)20(25)17-13-4-1-2-5-14(13)17/h3,6-7,12-14,17H,1-2,4-5,8-11H2,(H,22,23). The highest BCUT2D eigenvalue weighted by atomic mass is 19.1. The summed E-state index contributed by atoms with van der Waals surface area (Å²) >= 11 is 0. The quantitative estimate of drug-likeness (QED) is 0.902. The molecular formula is C20H24FN3O. The van der Waals surface area contributed by atoms with Crippen LogP contribution in [0.4, 0.5) is 4.39 Å². The Labute approximate surface area is 146 Å². The van der Waals surface area contributed by atoms with Crippen molar-refractivity contribution < 1.29 is 9.18 Å². The first-order valence-corrected chi connectivity index (χ1v) is 9.65. The van der Waals surface area contributed by atoms with E-state index < -0.39 is 0 Å². The third-order valence-corrected chi connectivity index (χ3v) is 6.62. The van der Waals surface area contributed by atoms with Crippen LogP contribution < -0.4 is 0 Å². The predicted octanol–water partition coefficient (Wildman–Crippen LogP) is 3.84. The first kappa shape index (κ1) is 15.4. The number of imidazole rings is 1. The maximum Gasteiger partial charge on any atom is 0.226 e. The Kier molecular flexibility index (Phi) is 3.57. The number of aromatic nitrogens is 2. The molecule has 5 heteroatoms. The molecule has 1 aromatic carbocycles. The normalized spacial score (nSPS) is 29.6. The lowest BCUT2D eigenvalue weighted by Crippen LogP contribution is -2.39. The molecule has 0 bridgehead atoms. The van der Waals surface area contributed by atoms with E-state index in [0.717, 1.165) is 37.3 Å². The molecule has 5 rings (SSSR count). The summed E-state index contributed by atoms with van der Waals surface area (Å²) in [5.41, 5.74) is 1.19. The number of hydrogen-bond acceptors (Lipinski definition) is 2. The molecule has 0 radical (unpaired) electrons. The van der Waals surface area contributed by atoms with Crippen LogP contribution in [0.25, 0.3) is 11.0 Å². The summed E-state index contributed by atoms with van der Waals surface area (Å²) in [6.45, 7) is 1.61. The zero-order chi connectivity index (χ0) is 17.0. The second-order valence-electron chi connectivity index (χ2n) is 8.00. The van der Waals surface area contributed by atoms with Gasteiger partial charge in [-0.1, -0.05) is 18.9 Å². The number of fused-ring (bicyclic) bond motifs is 2. The van der Waals surface area contributed by atoms with Crippen molar-refractivity contribution in [3.05, 3.63) is 29.8 Å². The fraction of sp³-hybridized carbons (Fsp3) is 0.600. The van der Waals surface area contributed by atoms with Gasteiger partial charge in [0.15, 0.2) is 5.82 Å². The SMILES string of the molecule is O=C(C1C2CCCCC21)N1CCC(c2nc3c(F)cccc3[nH]2)CC1. The van der Waals surface area contributed by atoms with Crippen LogP contribution >= 0.6 is 0 Å². The molecule has 2 aliphatic carbocycles. The third kappa shape index (κ3) is 2.55. The number of piperidine rings is 1. The Morgan fingerprint density at radius 1 is 1.12 bits per heavy atom. The van der Waals surface area contributed by atoms with Gasteiger partial charge in [0.25, 0.3) is 0 Å². The predicted molar refractivity (Wildman–Crippen MR) is 93.5 cm³/mol. The van der Waals surface area contributed by atoms with E-state index in [1.807, 2.05) is 6.07 Å². The Morgan fingerprint density at radius 3 is 2.52 bits per heavy atom. The molecule has 1 N–H and O–H groups in total. The van der Waals surface area contributed by atoms with Crippen LogP contribution in [-0.2, 0) is 4.79 Å². The highest BCUT2D eigenvalue weighted by molar-refractivity contribution is 5.82. The first-order chi connectivity index (χ1) is 12.2. The van der Waals surface area contributed by atoms with E-state index in [0.29, 0.717) is 29.2 Å². The fourth-order valence-corrected chi connectivity index (χ4v) is 5.15. The highest BCUT2D eigenvalue weighted by Gasteiger charge is 2.55. The van der Waals surface area contributed by atoms with E-state index in [-0.39, 0.29) is 11.7 Å². The molecular weight excluding hydrogens is 317 g/mol. The number of hydrogen-bond donors (Lipinski definition) is 1. The molecule has 3 fully saturated rings. The van der Waals surface area contributed by atoms with Gasteiger partial charge in [-0.3, -0.25) is 4.79 Å². The van der Waals surface area contributed by atoms with E-state index in [4.69, 9.17) is 0 Å². The Morgan fingerprint density at radius 2 is 1.84 bits per heavy atom. The van der Waals surface area contributed by atoms with E-state index in [2.05, 4.69) is 14.9 Å². The first-order valence-electron chi connectivity index (χ1n) is 9.65. The summed E-state index contributed by atoms with van der Waals surface area (Å²) in [6, 6.07) is 5.02. The number of nitrogens with zero attached hydrogens (tertiary/aromatic N) is 2. The van der Waals surface area contributed by atoms with Gasteiger partial charge in [-0.2, -0.15) is 0 Å². The van der Waals surface area contributed by atoms with E-state index in [9.17, 15) is 9.18 Å². The number of halogens is 1. The minimum Gasteiger partial charge on any atom is -0.342 e. The number of para-hydroxylation sites is 1. The number of carbonyl (C=O) groups is 1. The molecule has 3 aliphatic rings. The zero-order valence-electron chi connectivity index (χ0n) is 14.4. The topological polar surface area (TPSA) is 49.0 Å². The number of likely N-dealkylation sites (tertiary alicyclic amines) is 1. The maximum atomic E-state index is 13.8. The number of amides is 1. The summed E-state index contributed by atoms with van der Waals surface area (Å²) < 4.78 is 13.8. The highest BCUT2D eigenvalue weighted by Crippen LogP contribution is 2.56. The second-order valence-corrected chi connectivity index (χ2v) is 8.00. The van der Waals surface area contributed by atoms with E-state index in [1.54, 1.807) is 6.07 Å². The Bertz CT molecular complexity index is 796. The molecule has 25 heavy (non-hydrogen) atoms. The van der Waals surface area contributed by atoms with Crippen LogP contribution in [0.2, 0.25) is 0 Å². The largest absolute Gasteiger partial charge is 0.342 e. The molecule has 0 spiro atoms. The molecule has 2 saturated carbocycles. The number of benzene rings is 1. The van der Waals surface area contributed by atoms with Crippen LogP contribution in [0.1, 0.15) is 50.3 Å². The molecule has 1 saturated heterocycles. The second kappa shape index (κ2) is 5.82. The zero-order valence-corrected chi connectivity index (χ0v) is 14.4. The molecule has 1 amide bonds. The van der Waals surface area contributed by atoms with E-state index >= 15 is 0 Å². The monoisotopic (exact) mass is 341 g/mol. The summed E-state index contributed by atoms with van der Waals surface area (Å²) in [6.07, 6.45) is 6.93. The van der Waals surface area contributed by atoms with Gasteiger partial charge in [0.2, 0.25) is 5.91 Å². The molecule has 2 heterocycles. The van der Waals surface area contributed by atoms with Gasteiger partial charge >= 0.3 is 0 Å². The van der Waals surface area contributed by atoms with Gasteiger partial charge in [-0.05, 0) is 49.7 Å². The van der Waals surface area contributed by atoms with Crippen molar-refractivity contribution in [1.29, 1.82) is 0 Å². The summed E-state index contributed by atoms with van der Waals surface area (Å²) in [5.74, 6) is 2.95. The third-order valence-electron chi connectivity index (χ3n) is 6.62. The molecule has 1 aromatic heterocycles. The van der Waals surface area contributed by atoms with E-state index in [1.165, 1.54) is 31.7 Å². The van der Waals surface area contributed by atoms with Gasteiger partial charge in [0.1, 0.15) is 11.3 Å². The lowest BCUT2D eigenvalue weighted by Gasteiger charge is -2.31. The molecule has 4 nitrogen and oxygen atoms in total. The number of rotatable bonds is 2. The number of H-pyrrole nitrogens is 1. The van der Waals surface area contributed by atoms with Crippen molar-refractivity contribution in [2.45, 2.75) is 44.4 Å². The van der Waals surface area contributed by atoms with Crippen LogP contribution in [0.5, 0.6) is 0 Å². The van der Waals surface area contributed by atoms with Crippen molar-refractivity contribution >= 4 is 16.9 Å². The van der Waals surface area contributed by atoms with Crippen molar-refractivity contribution in [1.82, 2.24) is 14.9 Å². The van der Waals surface area contributed by atoms with Gasteiger partial charge in [-0.15, -0.1) is 0 Å². The average Bonchev–Trinajstić information content (AvgIpc) is 3.21. The summed E-state index contributed by atoms with van der Waals surface area (Å²) in [7, 11) is 0. The number of nitrogens with one attached hydrogen (secondary N) is 1. The van der Waals surface area contributed by atoms with Gasteiger partial charge in [0.05, 0.1) is 5.52 Å². The summed E-state index contributed by atoms with van der Waals surface area (Å²) in [5, 5.41) is 0. The molecule has 2 aromatic rings. The Balaban J connectivity index is 1.25. The van der Waals surface area contributed by atoms with Crippen LogP contribution in [-0.4, -0.2) is 33.9 Å². The summed E-state index contributed by atoms with van der Waals surface area (Å²) in [4.78, 5) is 22.6. The average molecular weight is 341 g/mol. The smallest absolute Gasteiger partial charge is 0.226 e. The minimum atomic E-state index is -0.274. The minimum absolute atomic E-state index is 0.274.